The van der Waals surface area contributed by atoms with Crippen molar-refractivity contribution in [1.29, 1.82) is 0 Å². The van der Waals surface area contributed by atoms with Gasteiger partial charge in [-0.15, -0.1) is 11.3 Å². The second-order valence-corrected chi connectivity index (χ2v) is 10.1. The molecule has 33 heavy (non-hydrogen) atoms. The van der Waals surface area contributed by atoms with Crippen LogP contribution in [0.15, 0.2) is 24.3 Å². The van der Waals surface area contributed by atoms with E-state index in [0.717, 1.165) is 45.9 Å². The van der Waals surface area contributed by atoms with E-state index in [0.29, 0.717) is 24.7 Å². The molecule has 0 bridgehead atoms. The maximum atomic E-state index is 10.5. The molecule has 0 spiro atoms. The fourth-order valence-electron chi connectivity index (χ4n) is 4.17. The zero-order valence-corrected chi connectivity index (χ0v) is 21.1. The molecule has 0 fully saturated rings. The summed E-state index contributed by atoms with van der Waals surface area (Å²) >= 11 is 1.63. The zero-order valence-electron chi connectivity index (χ0n) is 20.3. The van der Waals surface area contributed by atoms with Crippen molar-refractivity contribution in [3.8, 4) is 23.0 Å². The lowest BCUT2D eigenvalue weighted by Gasteiger charge is -2.09. The predicted molar refractivity (Wildman–Crippen MR) is 140 cm³/mol. The van der Waals surface area contributed by atoms with Crippen LogP contribution in [0.5, 0.6) is 23.0 Å². The molecule has 0 unspecified atom stereocenters. The minimum Gasteiger partial charge on any atom is -0.504 e. The highest BCUT2D eigenvalue weighted by atomic mass is 32.1. The molecule has 0 saturated carbocycles. The first kappa shape index (κ1) is 25.5. The van der Waals surface area contributed by atoms with Crippen molar-refractivity contribution in [3.05, 3.63) is 24.3 Å². The standard InChI is InChI=1S/C28H40O4S/c1-3-5-7-9-11-13-15-31-25-19-27-21(17-23(25)29)22-18-24(30)26(20-28(22)33-27)32-16-14-12-10-8-6-4-2/h17-20,29-30H,3-16H2,1-2H3. The number of aromatic hydroxyl groups is 2. The molecule has 0 radical (unpaired) electrons. The molecule has 0 saturated heterocycles. The molecule has 0 aliphatic carbocycles. The number of rotatable bonds is 16. The van der Waals surface area contributed by atoms with Gasteiger partial charge in [0, 0.05) is 32.3 Å². The first-order valence-electron chi connectivity index (χ1n) is 12.8. The smallest absolute Gasteiger partial charge is 0.162 e. The number of phenols is 2. The highest BCUT2D eigenvalue weighted by Gasteiger charge is 2.14. The summed E-state index contributed by atoms with van der Waals surface area (Å²) in [6.07, 6.45) is 14.5. The Morgan fingerprint density at radius 2 is 0.970 bits per heavy atom. The number of phenolic OH excluding ortho intramolecular Hbond substituents is 2. The number of hydrogen-bond donors (Lipinski definition) is 2. The third kappa shape index (κ3) is 7.43. The van der Waals surface area contributed by atoms with Gasteiger partial charge in [-0.1, -0.05) is 78.1 Å². The van der Waals surface area contributed by atoms with Crippen LogP contribution in [-0.4, -0.2) is 23.4 Å². The quantitative estimate of drug-likeness (QED) is 0.204. The van der Waals surface area contributed by atoms with Crippen molar-refractivity contribution < 1.29 is 19.7 Å². The van der Waals surface area contributed by atoms with Gasteiger partial charge in [-0.25, -0.2) is 0 Å². The third-order valence-electron chi connectivity index (χ3n) is 6.14. The lowest BCUT2D eigenvalue weighted by Crippen LogP contribution is -1.97. The molecule has 0 aliphatic heterocycles. The van der Waals surface area contributed by atoms with Crippen LogP contribution in [0.4, 0.5) is 0 Å². The van der Waals surface area contributed by atoms with E-state index in [1.807, 2.05) is 12.1 Å². The molecule has 1 aromatic heterocycles. The number of benzene rings is 2. The van der Waals surface area contributed by atoms with Crippen LogP contribution in [0, 0.1) is 0 Å². The number of fused-ring (bicyclic) bond motifs is 3. The average molecular weight is 473 g/mol. The van der Waals surface area contributed by atoms with E-state index < -0.39 is 0 Å². The Morgan fingerprint density at radius 1 is 0.576 bits per heavy atom. The van der Waals surface area contributed by atoms with Crippen molar-refractivity contribution in [2.24, 2.45) is 0 Å². The van der Waals surface area contributed by atoms with E-state index in [4.69, 9.17) is 9.47 Å². The molecular weight excluding hydrogens is 432 g/mol. The van der Waals surface area contributed by atoms with Crippen LogP contribution < -0.4 is 9.47 Å². The van der Waals surface area contributed by atoms with Crippen molar-refractivity contribution >= 4 is 31.5 Å². The van der Waals surface area contributed by atoms with Gasteiger partial charge >= 0.3 is 0 Å². The largest absolute Gasteiger partial charge is 0.504 e. The first-order valence-corrected chi connectivity index (χ1v) is 13.6. The Kier molecular flexibility index (Phi) is 10.5. The summed E-state index contributed by atoms with van der Waals surface area (Å²) in [4.78, 5) is 0. The first-order chi connectivity index (χ1) is 16.1. The van der Waals surface area contributed by atoms with E-state index in [2.05, 4.69) is 13.8 Å². The van der Waals surface area contributed by atoms with Crippen molar-refractivity contribution in [1.82, 2.24) is 0 Å². The van der Waals surface area contributed by atoms with Gasteiger partial charge in [0.05, 0.1) is 13.2 Å². The molecule has 3 aromatic rings. The molecule has 0 aliphatic rings. The molecule has 182 valence electrons. The van der Waals surface area contributed by atoms with Crippen LogP contribution in [0.3, 0.4) is 0 Å². The lowest BCUT2D eigenvalue weighted by molar-refractivity contribution is 0.289. The van der Waals surface area contributed by atoms with Gasteiger partial charge in [0.25, 0.3) is 0 Å². The van der Waals surface area contributed by atoms with Crippen LogP contribution in [-0.2, 0) is 0 Å². The summed E-state index contributed by atoms with van der Waals surface area (Å²) in [6.45, 7) is 5.68. The maximum absolute atomic E-state index is 10.5. The highest BCUT2D eigenvalue weighted by Crippen LogP contribution is 2.44. The summed E-state index contributed by atoms with van der Waals surface area (Å²) in [7, 11) is 0. The van der Waals surface area contributed by atoms with Crippen molar-refractivity contribution in [2.45, 2.75) is 90.9 Å². The Balaban J connectivity index is 1.60. The molecule has 1 heterocycles. The Morgan fingerprint density at radius 3 is 1.39 bits per heavy atom. The normalized spacial score (nSPS) is 11.5. The molecule has 0 atom stereocenters. The van der Waals surface area contributed by atoms with Gasteiger partial charge in [0.2, 0.25) is 0 Å². The number of thiophene rings is 1. The highest BCUT2D eigenvalue weighted by molar-refractivity contribution is 7.25. The predicted octanol–water partition coefficient (Wildman–Crippen LogP) is 8.94. The minimum atomic E-state index is 0.149. The topological polar surface area (TPSA) is 58.9 Å². The number of hydrogen-bond acceptors (Lipinski definition) is 5. The number of ether oxygens (including phenoxy) is 2. The summed E-state index contributed by atoms with van der Waals surface area (Å²) in [5.41, 5.74) is 0. The van der Waals surface area contributed by atoms with Gasteiger partial charge in [-0.3, -0.25) is 0 Å². The molecule has 5 heteroatoms. The van der Waals surface area contributed by atoms with E-state index in [9.17, 15) is 10.2 Å². The van der Waals surface area contributed by atoms with Crippen molar-refractivity contribution in [3.63, 3.8) is 0 Å². The Bertz CT molecular complexity index is 916. The molecule has 4 nitrogen and oxygen atoms in total. The molecule has 3 rings (SSSR count). The summed E-state index contributed by atoms with van der Waals surface area (Å²) < 4.78 is 13.8. The van der Waals surface area contributed by atoms with Gasteiger partial charge in [0.15, 0.2) is 23.0 Å². The van der Waals surface area contributed by atoms with Gasteiger partial charge in [-0.05, 0) is 25.0 Å². The molecule has 2 N–H and O–H groups in total. The fraction of sp³-hybridized carbons (Fsp3) is 0.571. The Labute approximate surface area is 202 Å². The van der Waals surface area contributed by atoms with E-state index >= 15 is 0 Å². The van der Waals surface area contributed by atoms with Crippen LogP contribution in [0.25, 0.3) is 20.2 Å². The zero-order chi connectivity index (χ0) is 23.5. The van der Waals surface area contributed by atoms with Crippen molar-refractivity contribution in [2.75, 3.05) is 13.2 Å². The minimum absolute atomic E-state index is 0.149. The second kappa shape index (κ2) is 13.5. The molecule has 2 aromatic carbocycles. The van der Waals surface area contributed by atoms with Crippen LogP contribution in [0.2, 0.25) is 0 Å². The van der Waals surface area contributed by atoms with E-state index in [1.165, 1.54) is 51.4 Å². The van der Waals surface area contributed by atoms with Crippen LogP contribution >= 0.6 is 11.3 Å². The van der Waals surface area contributed by atoms with E-state index in [1.54, 1.807) is 23.5 Å². The van der Waals surface area contributed by atoms with Gasteiger partial charge < -0.3 is 19.7 Å². The van der Waals surface area contributed by atoms with E-state index in [-0.39, 0.29) is 11.5 Å². The molecular formula is C28H40O4S. The van der Waals surface area contributed by atoms with Gasteiger partial charge in [0.1, 0.15) is 0 Å². The lowest BCUT2D eigenvalue weighted by atomic mass is 10.1. The second-order valence-electron chi connectivity index (χ2n) is 8.97. The summed E-state index contributed by atoms with van der Waals surface area (Å²) in [5.74, 6) is 1.37. The summed E-state index contributed by atoms with van der Waals surface area (Å²) in [5, 5.41) is 22.8. The Hall–Kier alpha value is -2.14. The fourth-order valence-corrected chi connectivity index (χ4v) is 5.29. The SMILES string of the molecule is CCCCCCCCOc1cc2sc3cc(OCCCCCCCC)c(O)cc3c2cc1O. The maximum Gasteiger partial charge on any atom is 0.162 e. The number of unbranched alkanes of at least 4 members (excludes halogenated alkanes) is 10. The monoisotopic (exact) mass is 472 g/mol. The summed E-state index contributed by atoms with van der Waals surface area (Å²) in [6, 6.07) is 7.34. The average Bonchev–Trinajstić information content (AvgIpc) is 3.14. The van der Waals surface area contributed by atoms with Gasteiger partial charge in [-0.2, -0.15) is 0 Å². The molecule has 0 amide bonds. The van der Waals surface area contributed by atoms with Crippen LogP contribution in [0.1, 0.15) is 90.9 Å². The third-order valence-corrected chi connectivity index (χ3v) is 7.26.